The molecule has 0 saturated heterocycles. The van der Waals surface area contributed by atoms with E-state index in [4.69, 9.17) is 4.74 Å². The molecule has 5 nitrogen and oxygen atoms in total. The lowest BCUT2D eigenvalue weighted by molar-refractivity contribution is -0.137. The highest BCUT2D eigenvalue weighted by Crippen LogP contribution is 2.24. The number of ether oxygens (including phenoxy) is 1. The van der Waals surface area contributed by atoms with Crippen LogP contribution in [0.5, 0.6) is 0 Å². The van der Waals surface area contributed by atoms with Gasteiger partial charge in [-0.2, -0.15) is 0 Å². The molecular weight excluding hydrogens is 270 g/mol. The molecule has 1 heterocycles. The van der Waals surface area contributed by atoms with Crippen LogP contribution >= 0.6 is 0 Å². The van der Waals surface area contributed by atoms with Crippen molar-refractivity contribution in [2.75, 3.05) is 13.7 Å². The number of rotatable bonds is 4. The molecular formula is C16H21NO4. The summed E-state index contributed by atoms with van der Waals surface area (Å²) in [5.74, 6) is -0.875. The highest BCUT2D eigenvalue weighted by Gasteiger charge is 2.28. The van der Waals surface area contributed by atoms with Crippen molar-refractivity contribution in [3.05, 3.63) is 34.9 Å². The van der Waals surface area contributed by atoms with Crippen LogP contribution < -0.4 is 0 Å². The van der Waals surface area contributed by atoms with Crippen LogP contribution in [0.25, 0.3) is 0 Å². The molecule has 0 spiro atoms. The molecule has 1 aliphatic heterocycles. The molecule has 0 unspecified atom stereocenters. The van der Waals surface area contributed by atoms with E-state index in [0.29, 0.717) is 31.5 Å². The standard InChI is InChI=1S/C16H21NO4/c1-16(2,21-3)9-14(18)17-8-7-12-11(10-17)5-4-6-13(12)15(19)20/h4-6H,7-10H2,1-3H3,(H,19,20). The number of aromatic carboxylic acids is 1. The minimum absolute atomic E-state index is 0.0354. The van der Waals surface area contributed by atoms with Crippen molar-refractivity contribution in [3.63, 3.8) is 0 Å². The van der Waals surface area contributed by atoms with Crippen molar-refractivity contribution in [2.45, 2.75) is 38.8 Å². The summed E-state index contributed by atoms with van der Waals surface area (Å²) < 4.78 is 5.29. The Morgan fingerprint density at radius 2 is 2.10 bits per heavy atom. The molecule has 0 bridgehead atoms. The third-order valence-corrected chi connectivity index (χ3v) is 3.98. The first-order valence-corrected chi connectivity index (χ1v) is 7.01. The molecule has 0 fully saturated rings. The second-order valence-electron chi connectivity index (χ2n) is 5.95. The Kier molecular flexibility index (Phi) is 4.32. The molecule has 0 aromatic heterocycles. The largest absolute Gasteiger partial charge is 0.478 e. The van der Waals surface area contributed by atoms with Crippen molar-refractivity contribution in [1.29, 1.82) is 0 Å². The van der Waals surface area contributed by atoms with E-state index < -0.39 is 11.6 Å². The second kappa shape index (κ2) is 5.85. The fourth-order valence-corrected chi connectivity index (χ4v) is 2.57. The summed E-state index contributed by atoms with van der Waals surface area (Å²) in [6, 6.07) is 5.24. The van der Waals surface area contributed by atoms with Crippen LogP contribution in [0, 0.1) is 0 Å². The number of fused-ring (bicyclic) bond motifs is 1. The van der Waals surface area contributed by atoms with Gasteiger partial charge in [0.1, 0.15) is 0 Å². The summed E-state index contributed by atoms with van der Waals surface area (Å²) in [4.78, 5) is 25.3. The van der Waals surface area contributed by atoms with Crippen LogP contribution in [0.4, 0.5) is 0 Å². The highest BCUT2D eigenvalue weighted by atomic mass is 16.5. The summed E-state index contributed by atoms with van der Waals surface area (Å²) in [5, 5.41) is 9.20. The van der Waals surface area contributed by atoms with Gasteiger partial charge in [0.05, 0.1) is 17.6 Å². The number of benzene rings is 1. The predicted molar refractivity (Wildman–Crippen MR) is 78.2 cm³/mol. The van der Waals surface area contributed by atoms with Gasteiger partial charge in [-0.25, -0.2) is 4.79 Å². The summed E-state index contributed by atoms with van der Waals surface area (Å²) >= 11 is 0. The van der Waals surface area contributed by atoms with Crippen LogP contribution in [-0.4, -0.2) is 41.1 Å². The SMILES string of the molecule is COC(C)(C)CC(=O)N1CCc2c(cccc2C(=O)O)C1. The zero-order valence-electron chi connectivity index (χ0n) is 12.7. The van der Waals surface area contributed by atoms with Crippen molar-refractivity contribution in [3.8, 4) is 0 Å². The van der Waals surface area contributed by atoms with Gasteiger partial charge in [0.2, 0.25) is 5.91 Å². The predicted octanol–water partition coefficient (Wildman–Crippen LogP) is 2.08. The smallest absolute Gasteiger partial charge is 0.335 e. The number of hydrogen-bond donors (Lipinski definition) is 1. The Bertz CT molecular complexity index is 565. The van der Waals surface area contributed by atoms with E-state index in [9.17, 15) is 14.7 Å². The maximum atomic E-state index is 12.3. The van der Waals surface area contributed by atoms with E-state index in [1.165, 1.54) is 0 Å². The highest BCUT2D eigenvalue weighted by molar-refractivity contribution is 5.90. The fraction of sp³-hybridized carbons (Fsp3) is 0.500. The first kappa shape index (κ1) is 15.5. The van der Waals surface area contributed by atoms with E-state index in [1.807, 2.05) is 19.9 Å². The number of nitrogens with zero attached hydrogens (tertiary/aromatic N) is 1. The number of carbonyl (C=O) groups excluding carboxylic acids is 1. The minimum Gasteiger partial charge on any atom is -0.478 e. The van der Waals surface area contributed by atoms with Gasteiger partial charge < -0.3 is 14.7 Å². The summed E-state index contributed by atoms with van der Waals surface area (Å²) in [6.07, 6.45) is 0.897. The number of methoxy groups -OCH3 is 1. The summed E-state index contributed by atoms with van der Waals surface area (Å²) in [7, 11) is 1.60. The Morgan fingerprint density at radius 1 is 1.38 bits per heavy atom. The summed E-state index contributed by atoms with van der Waals surface area (Å²) in [5.41, 5.74) is 1.63. The van der Waals surface area contributed by atoms with E-state index in [2.05, 4.69) is 0 Å². The van der Waals surface area contributed by atoms with Gasteiger partial charge >= 0.3 is 5.97 Å². The topological polar surface area (TPSA) is 66.8 Å². The Balaban J connectivity index is 2.15. The van der Waals surface area contributed by atoms with E-state index in [-0.39, 0.29) is 5.91 Å². The van der Waals surface area contributed by atoms with Crippen molar-refractivity contribution >= 4 is 11.9 Å². The van der Waals surface area contributed by atoms with Crippen molar-refractivity contribution < 1.29 is 19.4 Å². The Hall–Kier alpha value is -1.88. The van der Waals surface area contributed by atoms with E-state index in [1.54, 1.807) is 24.1 Å². The third kappa shape index (κ3) is 3.42. The average molecular weight is 291 g/mol. The molecule has 2 rings (SSSR count). The van der Waals surface area contributed by atoms with E-state index in [0.717, 1.165) is 11.1 Å². The Labute approximate surface area is 124 Å². The monoisotopic (exact) mass is 291 g/mol. The second-order valence-corrected chi connectivity index (χ2v) is 5.95. The zero-order chi connectivity index (χ0) is 15.6. The molecule has 0 aliphatic carbocycles. The number of carbonyl (C=O) groups is 2. The van der Waals surface area contributed by atoms with Gasteiger partial charge in [-0.3, -0.25) is 4.79 Å². The van der Waals surface area contributed by atoms with Crippen LogP contribution in [0.2, 0.25) is 0 Å². The first-order valence-electron chi connectivity index (χ1n) is 7.01. The van der Waals surface area contributed by atoms with Gasteiger partial charge in [-0.1, -0.05) is 12.1 Å². The molecule has 0 radical (unpaired) electrons. The number of carboxylic acids is 1. The number of carboxylic acid groups (broad SMARTS) is 1. The molecule has 1 aromatic rings. The molecule has 114 valence electrons. The lowest BCUT2D eigenvalue weighted by atomic mass is 9.93. The minimum atomic E-state index is -0.910. The average Bonchev–Trinajstić information content (AvgIpc) is 2.45. The van der Waals surface area contributed by atoms with Crippen LogP contribution in [0.15, 0.2) is 18.2 Å². The van der Waals surface area contributed by atoms with Gasteiger partial charge in [-0.05, 0) is 37.5 Å². The van der Waals surface area contributed by atoms with Crippen molar-refractivity contribution in [1.82, 2.24) is 4.90 Å². The van der Waals surface area contributed by atoms with E-state index >= 15 is 0 Å². The quantitative estimate of drug-likeness (QED) is 0.922. The number of amides is 1. The van der Waals surface area contributed by atoms with Crippen molar-refractivity contribution in [2.24, 2.45) is 0 Å². The fourth-order valence-electron chi connectivity index (χ4n) is 2.57. The van der Waals surface area contributed by atoms with Gasteiger partial charge in [0, 0.05) is 20.2 Å². The van der Waals surface area contributed by atoms with Crippen LogP contribution in [0.1, 0.15) is 41.8 Å². The molecule has 21 heavy (non-hydrogen) atoms. The summed E-state index contributed by atoms with van der Waals surface area (Å²) in [6.45, 7) is 4.78. The lowest BCUT2D eigenvalue weighted by Crippen LogP contribution is -2.40. The molecule has 0 atom stereocenters. The lowest BCUT2D eigenvalue weighted by Gasteiger charge is -2.32. The third-order valence-electron chi connectivity index (χ3n) is 3.98. The molecule has 1 aliphatic rings. The molecule has 5 heteroatoms. The molecule has 1 N–H and O–H groups in total. The van der Waals surface area contributed by atoms with Gasteiger partial charge in [0.15, 0.2) is 0 Å². The van der Waals surface area contributed by atoms with Gasteiger partial charge in [-0.15, -0.1) is 0 Å². The first-order chi connectivity index (χ1) is 9.84. The Morgan fingerprint density at radius 3 is 2.71 bits per heavy atom. The van der Waals surface area contributed by atoms with Crippen LogP contribution in [-0.2, 0) is 22.5 Å². The zero-order valence-corrected chi connectivity index (χ0v) is 12.7. The maximum absolute atomic E-state index is 12.3. The number of hydrogen-bond acceptors (Lipinski definition) is 3. The maximum Gasteiger partial charge on any atom is 0.335 e. The normalized spacial score (nSPS) is 14.7. The molecule has 1 amide bonds. The van der Waals surface area contributed by atoms with Crippen LogP contribution in [0.3, 0.4) is 0 Å². The van der Waals surface area contributed by atoms with Gasteiger partial charge in [0.25, 0.3) is 0 Å². The molecule has 1 aromatic carbocycles. The molecule has 0 saturated carbocycles.